The predicted molar refractivity (Wildman–Crippen MR) is 135 cm³/mol. The molecular formula is C23H29Cl2N3O5S. The minimum Gasteiger partial charge on any atom is -0.495 e. The lowest BCUT2D eigenvalue weighted by Gasteiger charge is -2.32. The van der Waals surface area contributed by atoms with Gasteiger partial charge in [0.05, 0.1) is 24.1 Å². The van der Waals surface area contributed by atoms with Gasteiger partial charge in [-0.15, -0.1) is 0 Å². The Hall–Kier alpha value is -2.49. The number of carbonyl (C=O) groups excluding carboxylic acids is 2. The maximum absolute atomic E-state index is 13.5. The van der Waals surface area contributed by atoms with Crippen LogP contribution in [0.5, 0.6) is 5.75 Å². The molecule has 0 radical (unpaired) electrons. The lowest BCUT2D eigenvalue weighted by molar-refractivity contribution is -0.139. The molecule has 0 unspecified atom stereocenters. The van der Waals surface area contributed by atoms with Gasteiger partial charge in [0, 0.05) is 17.6 Å². The van der Waals surface area contributed by atoms with E-state index in [1.165, 1.54) is 30.2 Å². The van der Waals surface area contributed by atoms with Gasteiger partial charge in [0.1, 0.15) is 18.3 Å². The third-order valence-electron chi connectivity index (χ3n) is 4.94. The molecule has 2 aromatic rings. The fourth-order valence-corrected chi connectivity index (χ4v) is 4.55. The smallest absolute Gasteiger partial charge is 0.244 e. The van der Waals surface area contributed by atoms with Crippen molar-refractivity contribution in [1.82, 2.24) is 10.2 Å². The number of benzene rings is 2. The van der Waals surface area contributed by atoms with E-state index >= 15 is 0 Å². The van der Waals surface area contributed by atoms with E-state index in [0.717, 1.165) is 10.6 Å². The second-order valence-electron chi connectivity index (χ2n) is 8.08. The number of ether oxygens (including phenoxy) is 1. The van der Waals surface area contributed by atoms with E-state index in [1.807, 2.05) is 13.8 Å². The predicted octanol–water partition coefficient (Wildman–Crippen LogP) is 3.71. The Morgan fingerprint density at radius 2 is 1.76 bits per heavy atom. The summed E-state index contributed by atoms with van der Waals surface area (Å²) in [6.45, 7) is 4.75. The van der Waals surface area contributed by atoms with Crippen LogP contribution in [-0.2, 0) is 26.2 Å². The second kappa shape index (κ2) is 11.8. The summed E-state index contributed by atoms with van der Waals surface area (Å²) in [4.78, 5) is 27.5. The van der Waals surface area contributed by atoms with Crippen LogP contribution in [0.4, 0.5) is 5.69 Å². The molecule has 2 rings (SSSR count). The van der Waals surface area contributed by atoms with Gasteiger partial charge in [-0.25, -0.2) is 8.42 Å². The molecule has 0 aliphatic heterocycles. The summed E-state index contributed by atoms with van der Waals surface area (Å²) in [5.41, 5.74) is 0.895. The van der Waals surface area contributed by atoms with Gasteiger partial charge in [-0.1, -0.05) is 35.3 Å². The zero-order valence-electron chi connectivity index (χ0n) is 19.7. The molecule has 0 spiro atoms. The van der Waals surface area contributed by atoms with Crippen molar-refractivity contribution in [1.29, 1.82) is 0 Å². The Bertz CT molecular complexity index is 1140. The van der Waals surface area contributed by atoms with Gasteiger partial charge < -0.3 is 15.0 Å². The van der Waals surface area contributed by atoms with Crippen LogP contribution >= 0.6 is 23.2 Å². The SMILES string of the molecule is COc1ccc(N(CC(=O)N(Cc2cccc(Cl)c2)[C@H](C)C(=O)NC(C)C)S(C)(=O)=O)cc1Cl. The van der Waals surface area contributed by atoms with E-state index in [9.17, 15) is 18.0 Å². The van der Waals surface area contributed by atoms with Crippen molar-refractivity contribution in [3.63, 3.8) is 0 Å². The van der Waals surface area contributed by atoms with E-state index in [0.29, 0.717) is 16.3 Å². The molecule has 186 valence electrons. The van der Waals surface area contributed by atoms with Crippen LogP contribution < -0.4 is 14.4 Å². The number of rotatable bonds is 10. The number of nitrogens with one attached hydrogen (secondary N) is 1. The lowest BCUT2D eigenvalue weighted by Crippen LogP contribution is -2.52. The van der Waals surface area contributed by atoms with Crippen LogP contribution in [0.3, 0.4) is 0 Å². The average Bonchev–Trinajstić information content (AvgIpc) is 2.74. The Labute approximate surface area is 210 Å². The van der Waals surface area contributed by atoms with Crippen LogP contribution in [0.1, 0.15) is 26.3 Å². The average molecular weight is 530 g/mol. The molecule has 2 aromatic carbocycles. The highest BCUT2D eigenvalue weighted by Gasteiger charge is 2.30. The summed E-state index contributed by atoms with van der Waals surface area (Å²) in [6.07, 6.45) is 0.995. The van der Waals surface area contributed by atoms with Crippen molar-refractivity contribution in [3.8, 4) is 5.75 Å². The van der Waals surface area contributed by atoms with E-state index in [2.05, 4.69) is 5.32 Å². The van der Waals surface area contributed by atoms with Crippen molar-refractivity contribution < 1.29 is 22.7 Å². The molecule has 1 atom stereocenters. The number of amides is 2. The monoisotopic (exact) mass is 529 g/mol. The van der Waals surface area contributed by atoms with Gasteiger partial charge in [-0.3, -0.25) is 13.9 Å². The van der Waals surface area contributed by atoms with Crippen LogP contribution in [0, 0.1) is 0 Å². The van der Waals surface area contributed by atoms with E-state index in [1.54, 1.807) is 31.2 Å². The van der Waals surface area contributed by atoms with Gasteiger partial charge in [0.15, 0.2) is 0 Å². The first-order chi connectivity index (χ1) is 15.8. The normalized spacial score (nSPS) is 12.2. The summed E-state index contributed by atoms with van der Waals surface area (Å²) < 4.78 is 31.2. The topological polar surface area (TPSA) is 96.0 Å². The molecule has 11 heteroatoms. The highest BCUT2D eigenvalue weighted by molar-refractivity contribution is 7.92. The maximum atomic E-state index is 13.5. The second-order valence-corrected chi connectivity index (χ2v) is 10.8. The number of sulfonamides is 1. The number of hydrogen-bond acceptors (Lipinski definition) is 5. The van der Waals surface area contributed by atoms with Crippen LogP contribution in [0.25, 0.3) is 0 Å². The Morgan fingerprint density at radius 1 is 1.09 bits per heavy atom. The van der Waals surface area contributed by atoms with E-state index < -0.39 is 28.5 Å². The first-order valence-corrected chi connectivity index (χ1v) is 13.1. The first kappa shape index (κ1) is 27.8. The van der Waals surface area contributed by atoms with Crippen molar-refractivity contribution in [2.45, 2.75) is 39.4 Å². The van der Waals surface area contributed by atoms with Gasteiger partial charge >= 0.3 is 0 Å². The molecule has 0 saturated carbocycles. The lowest BCUT2D eigenvalue weighted by atomic mass is 10.1. The van der Waals surface area contributed by atoms with Gasteiger partial charge in [0.25, 0.3) is 0 Å². The molecule has 0 bridgehead atoms. The molecule has 0 fully saturated rings. The Morgan fingerprint density at radius 3 is 2.29 bits per heavy atom. The van der Waals surface area contributed by atoms with Gasteiger partial charge in [-0.05, 0) is 56.7 Å². The first-order valence-electron chi connectivity index (χ1n) is 10.5. The Balaban J connectivity index is 2.42. The Kier molecular flexibility index (Phi) is 9.61. The zero-order chi connectivity index (χ0) is 25.6. The molecule has 34 heavy (non-hydrogen) atoms. The molecule has 0 saturated heterocycles. The van der Waals surface area contributed by atoms with Crippen molar-refractivity contribution in [3.05, 3.63) is 58.1 Å². The number of anilines is 1. The minimum absolute atomic E-state index is 0.0625. The third-order valence-corrected chi connectivity index (χ3v) is 6.61. The summed E-state index contributed by atoms with van der Waals surface area (Å²) in [5, 5.41) is 3.47. The maximum Gasteiger partial charge on any atom is 0.244 e. The molecular weight excluding hydrogens is 501 g/mol. The van der Waals surface area contributed by atoms with Crippen molar-refractivity contribution in [2.24, 2.45) is 0 Å². The van der Waals surface area contributed by atoms with E-state index in [4.69, 9.17) is 27.9 Å². The van der Waals surface area contributed by atoms with Crippen molar-refractivity contribution >= 4 is 50.7 Å². The summed E-state index contributed by atoms with van der Waals surface area (Å²) in [5.74, 6) is -0.556. The van der Waals surface area contributed by atoms with Gasteiger partial charge in [0.2, 0.25) is 21.8 Å². The molecule has 0 heterocycles. The molecule has 8 nitrogen and oxygen atoms in total. The zero-order valence-corrected chi connectivity index (χ0v) is 22.0. The minimum atomic E-state index is -3.86. The molecule has 0 aliphatic rings. The fraction of sp³-hybridized carbons (Fsp3) is 0.391. The standard InChI is InChI=1S/C23H29Cl2N3O5S/c1-15(2)26-23(30)16(3)27(13-17-7-6-8-18(24)11-17)22(29)14-28(34(5,31)32)19-9-10-21(33-4)20(25)12-19/h6-12,15-16H,13-14H2,1-5H3,(H,26,30)/t16-/m1/s1. The van der Waals surface area contributed by atoms with Crippen molar-refractivity contribution in [2.75, 3.05) is 24.2 Å². The van der Waals surface area contributed by atoms with E-state index in [-0.39, 0.29) is 29.2 Å². The summed E-state index contributed by atoms with van der Waals surface area (Å²) >= 11 is 12.3. The van der Waals surface area contributed by atoms with Crippen LogP contribution in [0.2, 0.25) is 10.0 Å². The fourth-order valence-electron chi connectivity index (χ4n) is 3.24. The molecule has 0 aliphatic carbocycles. The highest BCUT2D eigenvalue weighted by atomic mass is 35.5. The number of hydrogen-bond donors (Lipinski definition) is 1. The molecule has 1 N–H and O–H groups in total. The highest BCUT2D eigenvalue weighted by Crippen LogP contribution is 2.30. The number of nitrogens with zero attached hydrogens (tertiary/aromatic N) is 2. The molecule has 0 aromatic heterocycles. The largest absolute Gasteiger partial charge is 0.495 e. The van der Waals surface area contributed by atoms with Crippen LogP contribution in [-0.4, -0.2) is 57.1 Å². The molecule has 2 amide bonds. The third kappa shape index (κ3) is 7.51. The number of methoxy groups -OCH3 is 1. The van der Waals surface area contributed by atoms with Gasteiger partial charge in [-0.2, -0.15) is 0 Å². The number of carbonyl (C=O) groups is 2. The summed E-state index contributed by atoms with van der Waals surface area (Å²) in [6, 6.07) is 10.3. The number of halogens is 2. The van der Waals surface area contributed by atoms with Crippen LogP contribution in [0.15, 0.2) is 42.5 Å². The summed E-state index contributed by atoms with van der Waals surface area (Å²) in [7, 11) is -2.42. The quantitative estimate of drug-likeness (QED) is 0.506.